The van der Waals surface area contributed by atoms with Gasteiger partial charge in [-0.05, 0) is 37.6 Å². The fraction of sp³-hybridized carbons (Fsp3) is 0.231. The van der Waals surface area contributed by atoms with Crippen LogP contribution in [0.1, 0.15) is 20.8 Å². The summed E-state index contributed by atoms with van der Waals surface area (Å²) in [6.07, 6.45) is 1.59. The summed E-state index contributed by atoms with van der Waals surface area (Å²) in [7, 11) is -2.46. The van der Waals surface area contributed by atoms with Crippen molar-refractivity contribution in [2.75, 3.05) is 11.8 Å². The van der Waals surface area contributed by atoms with Crippen LogP contribution < -0.4 is 4.72 Å². The van der Waals surface area contributed by atoms with Gasteiger partial charge in [-0.3, -0.25) is 4.72 Å². The summed E-state index contributed by atoms with van der Waals surface area (Å²) >= 11 is 1.25. The van der Waals surface area contributed by atoms with Crippen LogP contribution in [0.2, 0.25) is 0 Å². The van der Waals surface area contributed by atoms with E-state index in [0.29, 0.717) is 16.3 Å². The predicted molar refractivity (Wildman–Crippen MR) is 80.2 cm³/mol. The largest absolute Gasteiger partial charge is 0.465 e. The van der Waals surface area contributed by atoms with Crippen LogP contribution in [-0.4, -0.2) is 26.5 Å². The number of nitrogens with zero attached hydrogens (tertiary/aromatic N) is 1. The van der Waals surface area contributed by atoms with Gasteiger partial charge in [0, 0.05) is 11.1 Å². The fourth-order valence-electron chi connectivity index (χ4n) is 1.77. The third-order valence-corrected chi connectivity index (χ3v) is 5.19. The van der Waals surface area contributed by atoms with Gasteiger partial charge in [0.25, 0.3) is 10.0 Å². The van der Waals surface area contributed by atoms with Crippen LogP contribution in [0, 0.1) is 13.8 Å². The maximum Gasteiger partial charge on any atom is 0.337 e. The number of hydrogen-bond donors (Lipinski definition) is 1. The Morgan fingerprint density at radius 2 is 2.05 bits per heavy atom. The van der Waals surface area contributed by atoms with E-state index in [1.807, 2.05) is 6.92 Å². The molecule has 2 rings (SSSR count). The quantitative estimate of drug-likeness (QED) is 0.872. The molecule has 1 N–H and O–H groups in total. The third-order valence-electron chi connectivity index (χ3n) is 2.73. The van der Waals surface area contributed by atoms with Gasteiger partial charge in [-0.2, -0.15) is 0 Å². The number of esters is 1. The number of carbonyl (C=O) groups excluding carboxylic acids is 1. The normalized spacial score (nSPS) is 11.2. The summed E-state index contributed by atoms with van der Waals surface area (Å²) in [6, 6.07) is 4.28. The Kier molecular flexibility index (Phi) is 4.29. The Morgan fingerprint density at radius 3 is 2.57 bits per heavy atom. The van der Waals surface area contributed by atoms with E-state index in [4.69, 9.17) is 0 Å². The highest BCUT2D eigenvalue weighted by Gasteiger charge is 2.19. The molecule has 0 fully saturated rings. The minimum Gasteiger partial charge on any atom is -0.465 e. The first-order chi connectivity index (χ1) is 9.83. The summed E-state index contributed by atoms with van der Waals surface area (Å²) in [5.41, 5.74) is 0.762. The number of hydrogen-bond acceptors (Lipinski definition) is 6. The molecule has 6 nitrogen and oxygen atoms in total. The van der Waals surface area contributed by atoms with Gasteiger partial charge in [0.15, 0.2) is 5.13 Å². The van der Waals surface area contributed by atoms with Crippen molar-refractivity contribution in [3.8, 4) is 0 Å². The van der Waals surface area contributed by atoms with Crippen molar-refractivity contribution in [3.05, 3.63) is 40.4 Å². The molecular formula is C13H14N2O4S2. The molecule has 0 aliphatic carbocycles. The number of nitrogens with one attached hydrogen (secondary N) is 1. The number of aryl methyl sites for hydroxylation is 2. The van der Waals surface area contributed by atoms with Gasteiger partial charge >= 0.3 is 5.97 Å². The van der Waals surface area contributed by atoms with Gasteiger partial charge in [0.1, 0.15) is 0 Å². The third kappa shape index (κ3) is 3.40. The monoisotopic (exact) mass is 326 g/mol. The molecule has 0 saturated heterocycles. The molecule has 1 heterocycles. The number of benzene rings is 1. The molecule has 1 aromatic carbocycles. The minimum atomic E-state index is -3.73. The minimum absolute atomic E-state index is 0.100. The average molecular weight is 326 g/mol. The number of rotatable bonds is 4. The van der Waals surface area contributed by atoms with Crippen LogP contribution in [0.15, 0.2) is 29.3 Å². The lowest BCUT2D eigenvalue weighted by Gasteiger charge is -2.09. The van der Waals surface area contributed by atoms with Gasteiger partial charge in [-0.25, -0.2) is 18.2 Å². The van der Waals surface area contributed by atoms with Crippen molar-refractivity contribution in [1.29, 1.82) is 0 Å². The number of ether oxygens (including phenoxy) is 1. The molecule has 0 aliphatic rings. The summed E-state index contributed by atoms with van der Waals surface area (Å²) in [5, 5.41) is 0.309. The van der Waals surface area contributed by atoms with E-state index in [1.165, 1.54) is 36.6 Å². The molecule has 0 saturated carbocycles. The van der Waals surface area contributed by atoms with E-state index in [2.05, 4.69) is 14.4 Å². The molecule has 0 atom stereocenters. The van der Waals surface area contributed by atoms with Crippen molar-refractivity contribution in [1.82, 2.24) is 4.98 Å². The first kappa shape index (κ1) is 15.5. The van der Waals surface area contributed by atoms with E-state index >= 15 is 0 Å². The lowest BCUT2D eigenvalue weighted by molar-refractivity contribution is 0.0600. The van der Waals surface area contributed by atoms with Crippen LogP contribution in [0.4, 0.5) is 5.13 Å². The number of carbonyl (C=O) groups is 1. The van der Waals surface area contributed by atoms with E-state index in [9.17, 15) is 13.2 Å². The smallest absolute Gasteiger partial charge is 0.337 e. The summed E-state index contributed by atoms with van der Waals surface area (Å²) in [5.74, 6) is -0.509. The van der Waals surface area contributed by atoms with E-state index in [-0.39, 0.29) is 4.90 Å². The standard InChI is InChI=1S/C13H14N2O4S2/c1-8-6-10(12(16)19-3)4-5-11(8)21(17,18)15-13-14-7-9(2)20-13/h4-7H,1-3H3,(H,14,15). The maximum absolute atomic E-state index is 12.3. The molecule has 0 bridgehead atoms. The second-order valence-corrected chi connectivity index (χ2v) is 7.24. The van der Waals surface area contributed by atoms with Gasteiger partial charge in [0.2, 0.25) is 0 Å². The van der Waals surface area contributed by atoms with Gasteiger partial charge in [0.05, 0.1) is 17.6 Å². The Bertz CT molecular complexity index is 781. The van der Waals surface area contributed by atoms with E-state index < -0.39 is 16.0 Å². The van der Waals surface area contributed by atoms with Crippen molar-refractivity contribution in [3.63, 3.8) is 0 Å². The van der Waals surface area contributed by atoms with Crippen molar-refractivity contribution in [2.45, 2.75) is 18.7 Å². The Morgan fingerprint density at radius 1 is 1.33 bits per heavy atom. The molecule has 21 heavy (non-hydrogen) atoms. The Hall–Kier alpha value is -1.93. The lowest BCUT2D eigenvalue weighted by Crippen LogP contribution is -2.14. The highest BCUT2D eigenvalue weighted by Crippen LogP contribution is 2.23. The van der Waals surface area contributed by atoms with Crippen LogP contribution in [0.3, 0.4) is 0 Å². The number of thiazole rings is 1. The maximum atomic E-state index is 12.3. The second-order valence-electron chi connectivity index (χ2n) is 4.35. The van der Waals surface area contributed by atoms with Crippen molar-refractivity contribution >= 4 is 32.5 Å². The number of anilines is 1. The molecule has 0 radical (unpaired) electrons. The lowest BCUT2D eigenvalue weighted by atomic mass is 10.1. The zero-order valence-electron chi connectivity index (χ0n) is 11.7. The first-order valence-electron chi connectivity index (χ1n) is 5.97. The zero-order valence-corrected chi connectivity index (χ0v) is 13.3. The molecule has 2 aromatic rings. The molecular weight excluding hydrogens is 312 g/mol. The van der Waals surface area contributed by atoms with Crippen LogP contribution >= 0.6 is 11.3 Å². The SMILES string of the molecule is COC(=O)c1ccc(S(=O)(=O)Nc2ncc(C)s2)c(C)c1. The zero-order chi connectivity index (χ0) is 15.6. The molecule has 0 spiro atoms. The van der Waals surface area contributed by atoms with Crippen molar-refractivity contribution in [2.24, 2.45) is 0 Å². The average Bonchev–Trinajstić information content (AvgIpc) is 2.81. The molecule has 8 heteroatoms. The number of aromatic nitrogens is 1. The van der Waals surface area contributed by atoms with Gasteiger partial charge < -0.3 is 4.74 Å². The van der Waals surface area contributed by atoms with Gasteiger partial charge in [-0.1, -0.05) is 0 Å². The topological polar surface area (TPSA) is 85.4 Å². The highest BCUT2D eigenvalue weighted by molar-refractivity contribution is 7.93. The Balaban J connectivity index is 2.34. The molecule has 0 amide bonds. The Labute approximate surface area is 126 Å². The van der Waals surface area contributed by atoms with Crippen LogP contribution in [0.25, 0.3) is 0 Å². The second kappa shape index (κ2) is 5.82. The predicted octanol–water partition coefficient (Wildman–Crippen LogP) is 2.35. The summed E-state index contributed by atoms with van der Waals surface area (Å²) < 4.78 is 31.7. The number of sulfonamides is 1. The molecule has 0 unspecified atom stereocenters. The fourth-order valence-corrected chi connectivity index (χ4v) is 3.90. The highest BCUT2D eigenvalue weighted by atomic mass is 32.2. The summed E-state index contributed by atoms with van der Waals surface area (Å²) in [6.45, 7) is 3.46. The van der Waals surface area contributed by atoms with Gasteiger partial charge in [-0.15, -0.1) is 11.3 Å². The molecule has 1 aromatic heterocycles. The summed E-state index contributed by atoms with van der Waals surface area (Å²) in [4.78, 5) is 16.4. The van der Waals surface area contributed by atoms with E-state index in [1.54, 1.807) is 13.1 Å². The van der Waals surface area contributed by atoms with E-state index in [0.717, 1.165) is 4.88 Å². The first-order valence-corrected chi connectivity index (χ1v) is 8.27. The van der Waals surface area contributed by atoms with Crippen LogP contribution in [-0.2, 0) is 14.8 Å². The van der Waals surface area contributed by atoms with Crippen LogP contribution in [0.5, 0.6) is 0 Å². The van der Waals surface area contributed by atoms with Crippen molar-refractivity contribution < 1.29 is 17.9 Å². The molecule has 0 aliphatic heterocycles. The molecule has 112 valence electrons. The number of methoxy groups -OCH3 is 1.